The predicted molar refractivity (Wildman–Crippen MR) is 109 cm³/mol. The van der Waals surface area contributed by atoms with Crippen LogP contribution < -0.4 is 0 Å². The molecule has 0 aromatic heterocycles. The Hall–Kier alpha value is -2.33. The van der Waals surface area contributed by atoms with E-state index in [2.05, 4.69) is 0 Å². The Kier molecular flexibility index (Phi) is 7.86. The largest absolute Gasteiger partial charge is 0.338 e. The van der Waals surface area contributed by atoms with Crippen molar-refractivity contribution in [2.24, 2.45) is 0 Å². The molecule has 0 spiro atoms. The molecule has 5 heteroatoms. The van der Waals surface area contributed by atoms with E-state index >= 15 is 0 Å². The molecular formula is C22H27ClN2O2. The van der Waals surface area contributed by atoms with E-state index in [1.54, 1.807) is 11.0 Å². The third kappa shape index (κ3) is 6.40. The van der Waals surface area contributed by atoms with Gasteiger partial charge in [-0.15, -0.1) is 0 Å². The molecule has 0 saturated carbocycles. The van der Waals surface area contributed by atoms with Crippen molar-refractivity contribution in [1.29, 1.82) is 0 Å². The van der Waals surface area contributed by atoms with Gasteiger partial charge < -0.3 is 9.80 Å². The second kappa shape index (κ2) is 10.1. The van der Waals surface area contributed by atoms with Crippen LogP contribution in [0.4, 0.5) is 0 Å². The first kappa shape index (κ1) is 21.0. The van der Waals surface area contributed by atoms with Crippen molar-refractivity contribution < 1.29 is 9.59 Å². The van der Waals surface area contributed by atoms with E-state index < -0.39 is 0 Å². The second-order valence-corrected chi connectivity index (χ2v) is 7.29. The molecule has 27 heavy (non-hydrogen) atoms. The van der Waals surface area contributed by atoms with Crippen LogP contribution in [0.15, 0.2) is 54.6 Å². The first-order valence-corrected chi connectivity index (χ1v) is 9.58. The van der Waals surface area contributed by atoms with Gasteiger partial charge in [0.1, 0.15) is 0 Å². The molecule has 0 N–H and O–H groups in total. The summed E-state index contributed by atoms with van der Waals surface area (Å²) in [6, 6.07) is 17.5. The fraction of sp³-hybridized carbons (Fsp3) is 0.364. The highest BCUT2D eigenvalue weighted by molar-refractivity contribution is 6.31. The van der Waals surface area contributed by atoms with Gasteiger partial charge in [0.2, 0.25) is 11.8 Å². The normalized spacial score (nSPS) is 10.7. The minimum atomic E-state index is -0.0677. The zero-order valence-electron chi connectivity index (χ0n) is 16.2. The van der Waals surface area contributed by atoms with Crippen LogP contribution in [0.25, 0.3) is 0 Å². The van der Waals surface area contributed by atoms with Crippen LogP contribution in [0, 0.1) is 0 Å². The number of benzene rings is 2. The molecule has 0 aliphatic rings. The van der Waals surface area contributed by atoms with Crippen LogP contribution in [0.3, 0.4) is 0 Å². The molecule has 0 fully saturated rings. The minimum Gasteiger partial charge on any atom is -0.338 e. The summed E-state index contributed by atoms with van der Waals surface area (Å²) in [5, 5.41) is 0.628. The number of rotatable bonds is 8. The van der Waals surface area contributed by atoms with E-state index in [1.165, 1.54) is 6.92 Å². The Morgan fingerprint density at radius 3 is 2.19 bits per heavy atom. The predicted octanol–water partition coefficient (Wildman–Crippen LogP) is 4.52. The van der Waals surface area contributed by atoms with E-state index in [1.807, 2.05) is 67.3 Å². The molecule has 0 heterocycles. The van der Waals surface area contributed by atoms with Crippen molar-refractivity contribution in [2.45, 2.75) is 46.3 Å². The first-order chi connectivity index (χ1) is 12.9. The van der Waals surface area contributed by atoms with Crippen molar-refractivity contribution in [3.8, 4) is 0 Å². The summed E-state index contributed by atoms with van der Waals surface area (Å²) >= 11 is 6.20. The summed E-state index contributed by atoms with van der Waals surface area (Å²) in [5.74, 6) is -0.0267. The van der Waals surface area contributed by atoms with E-state index in [0.29, 0.717) is 24.7 Å². The maximum Gasteiger partial charge on any atom is 0.224 e. The number of halogens is 1. The monoisotopic (exact) mass is 386 g/mol. The third-order valence-electron chi connectivity index (χ3n) is 4.50. The fourth-order valence-corrected chi connectivity index (χ4v) is 3.09. The van der Waals surface area contributed by atoms with Crippen molar-refractivity contribution in [2.75, 3.05) is 6.54 Å². The Labute approximate surface area is 166 Å². The highest BCUT2D eigenvalue weighted by Gasteiger charge is 2.19. The lowest BCUT2D eigenvalue weighted by Gasteiger charge is -2.29. The van der Waals surface area contributed by atoms with E-state index in [9.17, 15) is 9.59 Å². The Balaban J connectivity index is 2.00. The number of nitrogens with zero attached hydrogens (tertiary/aromatic N) is 2. The number of hydrogen-bond donors (Lipinski definition) is 0. The summed E-state index contributed by atoms with van der Waals surface area (Å²) in [4.78, 5) is 28.3. The molecular weight excluding hydrogens is 360 g/mol. The van der Waals surface area contributed by atoms with Gasteiger partial charge in [-0.1, -0.05) is 60.1 Å². The van der Waals surface area contributed by atoms with Gasteiger partial charge in [-0.05, 0) is 31.0 Å². The van der Waals surface area contributed by atoms with Gasteiger partial charge >= 0.3 is 0 Å². The molecule has 0 bridgehead atoms. The molecule has 2 rings (SSSR count). The maximum atomic E-state index is 12.8. The smallest absolute Gasteiger partial charge is 0.224 e. The SMILES string of the molecule is CC(=O)N(CCC(=O)N(Cc1ccccc1)C(C)C)Cc1ccccc1Cl. The molecule has 0 atom stereocenters. The van der Waals surface area contributed by atoms with Crippen molar-refractivity contribution in [3.05, 3.63) is 70.7 Å². The second-order valence-electron chi connectivity index (χ2n) is 6.88. The molecule has 2 aromatic carbocycles. The number of amides is 2. The molecule has 2 aromatic rings. The standard InChI is InChI=1S/C22H27ClN2O2/c1-17(2)25(15-19-9-5-4-6-10-19)22(27)13-14-24(18(3)26)16-20-11-7-8-12-21(20)23/h4-12,17H,13-16H2,1-3H3. The summed E-state index contributed by atoms with van der Waals surface area (Å²) in [5.41, 5.74) is 1.98. The van der Waals surface area contributed by atoms with Gasteiger partial charge in [0.05, 0.1) is 0 Å². The molecule has 0 saturated heterocycles. The Morgan fingerprint density at radius 1 is 0.963 bits per heavy atom. The summed E-state index contributed by atoms with van der Waals surface area (Å²) in [6.45, 7) is 6.88. The van der Waals surface area contributed by atoms with Crippen LogP contribution in [-0.4, -0.2) is 34.2 Å². The van der Waals surface area contributed by atoms with E-state index in [0.717, 1.165) is 11.1 Å². The average Bonchev–Trinajstić information content (AvgIpc) is 2.64. The number of carbonyl (C=O) groups excluding carboxylic acids is 2. The van der Waals surface area contributed by atoms with Crippen LogP contribution in [-0.2, 0) is 22.7 Å². The third-order valence-corrected chi connectivity index (χ3v) is 4.87. The van der Waals surface area contributed by atoms with Gasteiger partial charge in [0.25, 0.3) is 0 Å². The van der Waals surface area contributed by atoms with Crippen LogP contribution in [0.2, 0.25) is 5.02 Å². The quantitative estimate of drug-likeness (QED) is 0.669. The lowest BCUT2D eigenvalue weighted by molar-refractivity contribution is -0.135. The van der Waals surface area contributed by atoms with Gasteiger partial charge in [-0.25, -0.2) is 0 Å². The maximum absolute atomic E-state index is 12.8. The van der Waals surface area contributed by atoms with Crippen molar-refractivity contribution in [1.82, 2.24) is 9.80 Å². The van der Waals surface area contributed by atoms with Gasteiger partial charge in [-0.3, -0.25) is 9.59 Å². The van der Waals surface area contributed by atoms with Crippen LogP contribution in [0.5, 0.6) is 0 Å². The van der Waals surface area contributed by atoms with Crippen LogP contribution in [0.1, 0.15) is 38.3 Å². The van der Waals surface area contributed by atoms with Gasteiger partial charge in [0, 0.05) is 44.0 Å². The Morgan fingerprint density at radius 2 is 1.59 bits per heavy atom. The molecule has 2 amide bonds. The molecule has 0 aliphatic heterocycles. The highest BCUT2D eigenvalue weighted by atomic mass is 35.5. The average molecular weight is 387 g/mol. The summed E-state index contributed by atoms with van der Waals surface area (Å²) in [6.07, 6.45) is 0.287. The topological polar surface area (TPSA) is 40.6 Å². The van der Waals surface area contributed by atoms with Crippen molar-refractivity contribution >= 4 is 23.4 Å². The fourth-order valence-electron chi connectivity index (χ4n) is 2.89. The van der Waals surface area contributed by atoms with Gasteiger partial charge in [0.15, 0.2) is 0 Å². The summed E-state index contributed by atoms with van der Waals surface area (Å²) in [7, 11) is 0. The van der Waals surface area contributed by atoms with Crippen LogP contribution >= 0.6 is 11.6 Å². The van der Waals surface area contributed by atoms with E-state index in [4.69, 9.17) is 11.6 Å². The zero-order chi connectivity index (χ0) is 19.8. The highest BCUT2D eigenvalue weighted by Crippen LogP contribution is 2.18. The molecule has 0 aliphatic carbocycles. The Bertz CT molecular complexity index is 762. The molecule has 144 valence electrons. The minimum absolute atomic E-state index is 0.0410. The number of hydrogen-bond acceptors (Lipinski definition) is 2. The number of carbonyl (C=O) groups is 2. The van der Waals surface area contributed by atoms with E-state index in [-0.39, 0.29) is 24.3 Å². The molecule has 4 nitrogen and oxygen atoms in total. The van der Waals surface area contributed by atoms with Gasteiger partial charge in [-0.2, -0.15) is 0 Å². The molecule has 0 radical (unpaired) electrons. The lowest BCUT2D eigenvalue weighted by atomic mass is 10.1. The summed E-state index contributed by atoms with van der Waals surface area (Å²) < 4.78 is 0. The first-order valence-electron chi connectivity index (χ1n) is 9.20. The zero-order valence-corrected chi connectivity index (χ0v) is 16.9. The lowest BCUT2D eigenvalue weighted by Crippen LogP contribution is -2.39. The van der Waals surface area contributed by atoms with Crippen molar-refractivity contribution in [3.63, 3.8) is 0 Å². The molecule has 0 unspecified atom stereocenters.